The zero-order valence-corrected chi connectivity index (χ0v) is 38.7. The second-order valence-electron chi connectivity index (χ2n) is 19.7. The summed E-state index contributed by atoms with van der Waals surface area (Å²) in [5.41, 5.74) is 25.1. The van der Waals surface area contributed by atoms with Crippen molar-refractivity contribution in [1.29, 1.82) is 0 Å². The Morgan fingerprint density at radius 3 is 1.10 bits per heavy atom. The van der Waals surface area contributed by atoms with Gasteiger partial charge in [0.15, 0.2) is 11.5 Å². The summed E-state index contributed by atoms with van der Waals surface area (Å²) in [6, 6.07) is 82.7. The van der Waals surface area contributed by atoms with Crippen LogP contribution in [0.5, 0.6) is 11.5 Å². The van der Waals surface area contributed by atoms with Crippen molar-refractivity contribution in [2.24, 2.45) is 0 Å². The van der Waals surface area contributed by atoms with E-state index in [2.05, 4.69) is 257 Å². The van der Waals surface area contributed by atoms with Gasteiger partial charge in [-0.05, 0) is 138 Å². The van der Waals surface area contributed by atoms with Crippen molar-refractivity contribution in [1.82, 2.24) is 0 Å². The van der Waals surface area contributed by atoms with E-state index < -0.39 is 0 Å². The first-order chi connectivity index (χ1) is 33.2. The molecule has 2 aliphatic carbocycles. The highest BCUT2D eigenvalue weighted by Crippen LogP contribution is 2.58. The molecule has 0 amide bonds. The minimum Gasteiger partial charge on any atom is -0.453 e. The highest BCUT2D eigenvalue weighted by atomic mass is 16.5. The average Bonchev–Trinajstić information content (AvgIpc) is 3.76. The summed E-state index contributed by atoms with van der Waals surface area (Å²) in [4.78, 5) is 2.50. The van der Waals surface area contributed by atoms with Crippen molar-refractivity contribution in [3.63, 3.8) is 0 Å². The molecular weight excluding hydrogens is 823 g/mol. The molecule has 1 heterocycles. The summed E-state index contributed by atoms with van der Waals surface area (Å²) in [6.45, 7) is 9.42. The molecule has 68 heavy (non-hydrogen) atoms. The molecule has 0 spiro atoms. The van der Waals surface area contributed by atoms with Crippen molar-refractivity contribution in [2.45, 2.75) is 38.5 Å². The van der Waals surface area contributed by atoms with Crippen LogP contribution in [0.15, 0.2) is 224 Å². The fraction of sp³-hybridized carbons (Fsp3) is 0.0909. The monoisotopic (exact) mass is 871 g/mol. The Kier molecular flexibility index (Phi) is 8.95. The van der Waals surface area contributed by atoms with E-state index in [0.29, 0.717) is 0 Å². The van der Waals surface area contributed by atoms with E-state index in [4.69, 9.17) is 4.74 Å². The second-order valence-corrected chi connectivity index (χ2v) is 19.7. The van der Waals surface area contributed by atoms with Crippen molar-refractivity contribution in [2.75, 3.05) is 4.90 Å². The van der Waals surface area contributed by atoms with Gasteiger partial charge in [0.1, 0.15) is 0 Å². The standard InChI is InChI=1S/C66H49NO/c1-65(2)56-26-16-14-24-50(56)52-32-28-45(38-58(52)65)47-30-34-62-60(40-47)67(61-41-48(31-35-63(61)68-62)46-29-33-53-51-25-15-17-27-57(51)66(3,4)59(53)39-46)64-54(43-20-10-6-11-21-43)36-49(42-18-8-5-9-19-42)37-55(64)44-22-12-7-13-23-44/h5-41H,1-4H3. The largest absolute Gasteiger partial charge is 0.453 e. The molecule has 324 valence electrons. The Hall–Kier alpha value is -8.20. The van der Waals surface area contributed by atoms with Crippen LogP contribution >= 0.6 is 0 Å². The van der Waals surface area contributed by atoms with Crippen LogP contribution in [0, 0.1) is 0 Å². The van der Waals surface area contributed by atoms with Gasteiger partial charge in [0.25, 0.3) is 0 Å². The fourth-order valence-corrected chi connectivity index (χ4v) is 11.5. The van der Waals surface area contributed by atoms with E-state index in [0.717, 1.165) is 67.5 Å². The van der Waals surface area contributed by atoms with Gasteiger partial charge in [0.2, 0.25) is 0 Å². The number of anilines is 3. The molecule has 2 heteroatoms. The van der Waals surface area contributed by atoms with Crippen LogP contribution in [0.1, 0.15) is 49.9 Å². The number of hydrogen-bond donors (Lipinski definition) is 0. The maximum absolute atomic E-state index is 7.05. The number of ether oxygens (including phenoxy) is 1. The molecule has 0 radical (unpaired) electrons. The first-order valence-corrected chi connectivity index (χ1v) is 23.8. The van der Waals surface area contributed by atoms with Crippen molar-refractivity contribution in [3.05, 3.63) is 247 Å². The normalized spacial score (nSPS) is 14.2. The molecule has 0 atom stereocenters. The fourth-order valence-electron chi connectivity index (χ4n) is 11.5. The van der Waals surface area contributed by atoms with Gasteiger partial charge < -0.3 is 9.64 Å². The highest BCUT2D eigenvalue weighted by molar-refractivity contribution is 6.03. The molecule has 3 aliphatic rings. The molecule has 0 saturated heterocycles. The molecule has 0 aromatic heterocycles. The number of rotatable bonds is 6. The van der Waals surface area contributed by atoms with Crippen LogP contribution in [-0.4, -0.2) is 0 Å². The third-order valence-electron chi connectivity index (χ3n) is 15.1. The van der Waals surface area contributed by atoms with Crippen molar-refractivity contribution in [3.8, 4) is 89.4 Å². The molecule has 10 aromatic carbocycles. The van der Waals surface area contributed by atoms with E-state index in [-0.39, 0.29) is 10.8 Å². The predicted molar refractivity (Wildman–Crippen MR) is 284 cm³/mol. The summed E-state index contributed by atoms with van der Waals surface area (Å²) in [5, 5.41) is 0. The third kappa shape index (κ3) is 6.17. The zero-order valence-electron chi connectivity index (χ0n) is 38.7. The van der Waals surface area contributed by atoms with Crippen LogP contribution in [0.4, 0.5) is 17.1 Å². The Morgan fingerprint density at radius 2 is 0.647 bits per heavy atom. The lowest BCUT2D eigenvalue weighted by Crippen LogP contribution is -2.18. The summed E-state index contributed by atoms with van der Waals surface area (Å²) in [5.74, 6) is 1.62. The van der Waals surface area contributed by atoms with Gasteiger partial charge in [-0.2, -0.15) is 0 Å². The minimum absolute atomic E-state index is 0.119. The molecule has 0 saturated carbocycles. The Labute approximate surface area is 399 Å². The molecule has 0 unspecified atom stereocenters. The third-order valence-corrected chi connectivity index (χ3v) is 15.1. The number of hydrogen-bond acceptors (Lipinski definition) is 2. The minimum atomic E-state index is -0.119. The summed E-state index contributed by atoms with van der Waals surface area (Å²) < 4.78 is 7.05. The van der Waals surface area contributed by atoms with Gasteiger partial charge in [0, 0.05) is 22.0 Å². The Bertz CT molecular complexity index is 3420. The summed E-state index contributed by atoms with van der Waals surface area (Å²) in [6.07, 6.45) is 0. The van der Waals surface area contributed by atoms with E-state index in [1.165, 1.54) is 61.2 Å². The zero-order chi connectivity index (χ0) is 45.7. The lowest BCUT2D eigenvalue weighted by atomic mass is 9.81. The van der Waals surface area contributed by atoms with Gasteiger partial charge in [0.05, 0.1) is 17.1 Å². The van der Waals surface area contributed by atoms with E-state index in [1.54, 1.807) is 0 Å². The van der Waals surface area contributed by atoms with E-state index in [1.807, 2.05) is 0 Å². The Balaban J connectivity index is 1.06. The first-order valence-electron chi connectivity index (χ1n) is 23.8. The topological polar surface area (TPSA) is 12.5 Å². The number of nitrogens with zero attached hydrogens (tertiary/aromatic N) is 1. The SMILES string of the molecule is CC1(C)c2ccccc2-c2ccc(-c3ccc4c(c3)N(c3c(-c5ccccc5)cc(-c5ccccc5)cc3-c3ccccc3)c3cc(-c5ccc6c(c5)C(C)(C)c5ccccc5-6)ccc3O4)cc21. The molecule has 10 aromatic rings. The van der Waals surface area contributed by atoms with Crippen LogP contribution in [0.2, 0.25) is 0 Å². The van der Waals surface area contributed by atoms with Crippen LogP contribution < -0.4 is 9.64 Å². The van der Waals surface area contributed by atoms with Crippen molar-refractivity contribution >= 4 is 17.1 Å². The Morgan fingerprint density at radius 1 is 0.279 bits per heavy atom. The van der Waals surface area contributed by atoms with Gasteiger partial charge in [-0.15, -0.1) is 0 Å². The quantitative estimate of drug-likeness (QED) is 0.165. The molecule has 0 fully saturated rings. The van der Waals surface area contributed by atoms with Crippen molar-refractivity contribution < 1.29 is 4.74 Å². The van der Waals surface area contributed by atoms with Gasteiger partial charge in [-0.3, -0.25) is 0 Å². The van der Waals surface area contributed by atoms with Crippen LogP contribution in [0.25, 0.3) is 77.9 Å². The first kappa shape index (κ1) is 40.1. The van der Waals surface area contributed by atoms with Gasteiger partial charge in [-0.25, -0.2) is 0 Å². The predicted octanol–water partition coefficient (Wildman–Crippen LogP) is 18.2. The molecule has 0 bridgehead atoms. The highest BCUT2D eigenvalue weighted by Gasteiger charge is 2.38. The molecular formula is C66H49NO. The number of fused-ring (bicyclic) bond motifs is 8. The molecule has 1 aliphatic heterocycles. The van der Waals surface area contributed by atoms with Gasteiger partial charge in [-0.1, -0.05) is 204 Å². The average molecular weight is 872 g/mol. The maximum atomic E-state index is 7.05. The van der Waals surface area contributed by atoms with Crippen LogP contribution in [0.3, 0.4) is 0 Å². The summed E-state index contributed by atoms with van der Waals surface area (Å²) >= 11 is 0. The second kappa shape index (κ2) is 15.2. The lowest BCUT2D eigenvalue weighted by molar-refractivity contribution is 0.477. The molecule has 2 nitrogen and oxygen atoms in total. The summed E-state index contributed by atoms with van der Waals surface area (Å²) in [7, 11) is 0. The van der Waals surface area contributed by atoms with E-state index in [9.17, 15) is 0 Å². The smallest absolute Gasteiger partial charge is 0.151 e. The molecule has 0 N–H and O–H groups in total. The maximum Gasteiger partial charge on any atom is 0.151 e. The molecule has 13 rings (SSSR count). The number of benzene rings is 10. The lowest BCUT2D eigenvalue weighted by Gasteiger charge is -2.36. The van der Waals surface area contributed by atoms with E-state index >= 15 is 0 Å². The van der Waals surface area contributed by atoms with Gasteiger partial charge >= 0.3 is 0 Å². The van der Waals surface area contributed by atoms with Crippen LogP contribution in [-0.2, 0) is 10.8 Å².